The highest BCUT2D eigenvalue weighted by molar-refractivity contribution is 7.12. The molecule has 0 saturated carbocycles. The first-order valence-electron chi connectivity index (χ1n) is 7.67. The molecular formula is C19H18N2O2S. The summed E-state index contributed by atoms with van der Waals surface area (Å²) in [5.41, 5.74) is 3.33. The Morgan fingerprint density at radius 2 is 1.92 bits per heavy atom. The summed E-state index contributed by atoms with van der Waals surface area (Å²) in [7, 11) is 0. The number of rotatable bonds is 5. The summed E-state index contributed by atoms with van der Waals surface area (Å²) in [5, 5.41) is 8.32. The SMILES string of the molecule is C/C(=N/NC(=O)[C@H](C)Oc1ccc2ccccc2c1)c1cccs1. The van der Waals surface area contributed by atoms with Crippen LogP contribution in [0.4, 0.5) is 0 Å². The van der Waals surface area contributed by atoms with E-state index < -0.39 is 6.10 Å². The van der Waals surface area contributed by atoms with E-state index in [1.54, 1.807) is 18.3 Å². The van der Waals surface area contributed by atoms with E-state index in [2.05, 4.69) is 10.5 Å². The fourth-order valence-electron chi connectivity index (χ4n) is 2.27. The maximum absolute atomic E-state index is 12.1. The predicted octanol–water partition coefficient (Wildman–Crippen LogP) is 4.21. The molecule has 0 aliphatic rings. The first-order chi connectivity index (χ1) is 11.6. The molecule has 1 atom stereocenters. The molecule has 5 heteroatoms. The largest absolute Gasteiger partial charge is 0.481 e. The molecule has 3 rings (SSSR count). The van der Waals surface area contributed by atoms with Crippen molar-refractivity contribution in [3.05, 3.63) is 64.9 Å². The van der Waals surface area contributed by atoms with Crippen molar-refractivity contribution in [2.75, 3.05) is 0 Å². The van der Waals surface area contributed by atoms with Gasteiger partial charge >= 0.3 is 0 Å². The molecule has 0 fully saturated rings. The number of nitrogens with zero attached hydrogens (tertiary/aromatic N) is 1. The number of carbonyl (C=O) groups excluding carboxylic acids is 1. The molecule has 4 nitrogen and oxygen atoms in total. The first-order valence-corrected chi connectivity index (χ1v) is 8.55. The van der Waals surface area contributed by atoms with Crippen LogP contribution in [0.25, 0.3) is 10.8 Å². The molecule has 0 aliphatic heterocycles. The molecular weight excluding hydrogens is 320 g/mol. The number of thiophene rings is 1. The lowest BCUT2D eigenvalue weighted by Crippen LogP contribution is -2.33. The number of hydrogen-bond donors (Lipinski definition) is 1. The number of amides is 1. The van der Waals surface area contributed by atoms with Crippen LogP contribution in [0.3, 0.4) is 0 Å². The third kappa shape index (κ3) is 3.81. The number of carbonyl (C=O) groups is 1. The average molecular weight is 338 g/mol. The first kappa shape index (κ1) is 16.2. The van der Waals surface area contributed by atoms with Crippen molar-refractivity contribution >= 4 is 33.7 Å². The van der Waals surface area contributed by atoms with Crippen LogP contribution in [0.1, 0.15) is 18.7 Å². The van der Waals surface area contributed by atoms with Crippen molar-refractivity contribution in [1.29, 1.82) is 0 Å². The zero-order valence-electron chi connectivity index (χ0n) is 13.5. The molecule has 2 aromatic carbocycles. The lowest BCUT2D eigenvalue weighted by atomic mass is 10.1. The van der Waals surface area contributed by atoms with Crippen LogP contribution in [0, 0.1) is 0 Å². The summed E-state index contributed by atoms with van der Waals surface area (Å²) in [4.78, 5) is 13.2. The number of ether oxygens (including phenoxy) is 1. The molecule has 1 heterocycles. The van der Waals surface area contributed by atoms with Gasteiger partial charge in [0.15, 0.2) is 6.10 Å². The lowest BCUT2D eigenvalue weighted by molar-refractivity contribution is -0.127. The Labute approximate surface area is 144 Å². The zero-order valence-corrected chi connectivity index (χ0v) is 14.3. The van der Waals surface area contributed by atoms with Gasteiger partial charge in [-0.25, -0.2) is 5.43 Å². The van der Waals surface area contributed by atoms with E-state index in [1.807, 2.05) is 66.9 Å². The highest BCUT2D eigenvalue weighted by Crippen LogP contribution is 2.21. The second kappa shape index (κ2) is 7.27. The molecule has 122 valence electrons. The molecule has 0 saturated heterocycles. The molecule has 1 amide bonds. The molecule has 0 spiro atoms. The van der Waals surface area contributed by atoms with Crippen LogP contribution in [-0.4, -0.2) is 17.7 Å². The van der Waals surface area contributed by atoms with Gasteiger partial charge in [-0.15, -0.1) is 11.3 Å². The molecule has 0 aliphatic carbocycles. The van der Waals surface area contributed by atoms with Gasteiger partial charge in [0.2, 0.25) is 0 Å². The van der Waals surface area contributed by atoms with E-state index in [9.17, 15) is 4.79 Å². The van der Waals surface area contributed by atoms with Gasteiger partial charge in [0.05, 0.1) is 5.71 Å². The Bertz CT molecular complexity index is 872. The van der Waals surface area contributed by atoms with Crippen LogP contribution in [0.5, 0.6) is 5.75 Å². The Hall–Kier alpha value is -2.66. The predicted molar refractivity (Wildman–Crippen MR) is 98.7 cm³/mol. The molecule has 1 aromatic heterocycles. The summed E-state index contributed by atoms with van der Waals surface area (Å²) < 4.78 is 5.73. The number of benzene rings is 2. The molecule has 1 N–H and O–H groups in total. The van der Waals surface area contributed by atoms with Crippen molar-refractivity contribution in [3.8, 4) is 5.75 Å². The Kier molecular flexibility index (Phi) is 4.91. The zero-order chi connectivity index (χ0) is 16.9. The summed E-state index contributed by atoms with van der Waals surface area (Å²) in [6.45, 7) is 3.57. The smallest absolute Gasteiger partial charge is 0.280 e. The number of hydrogen-bond acceptors (Lipinski definition) is 4. The normalized spacial score (nSPS) is 12.8. The average Bonchev–Trinajstić information content (AvgIpc) is 3.14. The maximum atomic E-state index is 12.1. The van der Waals surface area contributed by atoms with Crippen LogP contribution in [0.15, 0.2) is 65.1 Å². The highest BCUT2D eigenvalue weighted by atomic mass is 32.1. The minimum atomic E-state index is -0.633. The van der Waals surface area contributed by atoms with E-state index in [-0.39, 0.29) is 5.91 Å². The topological polar surface area (TPSA) is 50.7 Å². The van der Waals surface area contributed by atoms with E-state index >= 15 is 0 Å². The van der Waals surface area contributed by atoms with Crippen LogP contribution in [0.2, 0.25) is 0 Å². The second-order valence-electron chi connectivity index (χ2n) is 5.42. The lowest BCUT2D eigenvalue weighted by Gasteiger charge is -2.13. The van der Waals surface area contributed by atoms with Gasteiger partial charge in [-0.05, 0) is 48.2 Å². The minimum absolute atomic E-state index is 0.279. The highest BCUT2D eigenvalue weighted by Gasteiger charge is 2.14. The standard InChI is InChI=1S/C19H18N2O2S/c1-13(18-8-5-11-24-18)20-21-19(22)14(2)23-17-10-9-15-6-3-4-7-16(15)12-17/h3-12,14H,1-2H3,(H,21,22)/b20-13-/t14-/m0/s1. The third-order valence-corrected chi connectivity index (χ3v) is 4.59. The molecule has 3 aromatic rings. The van der Waals surface area contributed by atoms with Gasteiger partial charge in [0.1, 0.15) is 5.75 Å². The van der Waals surface area contributed by atoms with Crippen LogP contribution in [-0.2, 0) is 4.79 Å². The fourth-order valence-corrected chi connectivity index (χ4v) is 2.94. The van der Waals surface area contributed by atoms with Gasteiger partial charge in [0.25, 0.3) is 5.91 Å². The molecule has 0 radical (unpaired) electrons. The summed E-state index contributed by atoms with van der Waals surface area (Å²) >= 11 is 1.58. The monoisotopic (exact) mass is 338 g/mol. The number of hydrazone groups is 1. The summed E-state index contributed by atoms with van der Waals surface area (Å²) in [5.74, 6) is 0.384. The van der Waals surface area contributed by atoms with E-state index in [1.165, 1.54) is 0 Å². The van der Waals surface area contributed by atoms with Crippen molar-refractivity contribution in [3.63, 3.8) is 0 Å². The molecule has 0 unspecified atom stereocenters. The van der Waals surface area contributed by atoms with Gasteiger partial charge in [-0.2, -0.15) is 5.10 Å². The van der Waals surface area contributed by atoms with Crippen molar-refractivity contribution in [2.45, 2.75) is 20.0 Å². The van der Waals surface area contributed by atoms with Crippen molar-refractivity contribution in [2.24, 2.45) is 5.10 Å². The summed E-state index contributed by atoms with van der Waals surface area (Å²) in [6, 6.07) is 17.7. The third-order valence-electron chi connectivity index (χ3n) is 3.61. The molecule has 0 bridgehead atoms. The number of fused-ring (bicyclic) bond motifs is 1. The fraction of sp³-hybridized carbons (Fsp3) is 0.158. The number of nitrogens with one attached hydrogen (secondary N) is 1. The van der Waals surface area contributed by atoms with Crippen molar-refractivity contribution < 1.29 is 9.53 Å². The van der Waals surface area contributed by atoms with Crippen LogP contribution >= 0.6 is 11.3 Å². The Balaban J connectivity index is 1.63. The second-order valence-corrected chi connectivity index (χ2v) is 6.37. The van der Waals surface area contributed by atoms with E-state index in [0.29, 0.717) is 5.75 Å². The minimum Gasteiger partial charge on any atom is -0.481 e. The van der Waals surface area contributed by atoms with Gasteiger partial charge in [-0.1, -0.05) is 36.4 Å². The van der Waals surface area contributed by atoms with E-state index in [4.69, 9.17) is 4.74 Å². The molecule has 24 heavy (non-hydrogen) atoms. The quantitative estimate of drug-likeness (QED) is 0.560. The van der Waals surface area contributed by atoms with Crippen LogP contribution < -0.4 is 10.2 Å². The maximum Gasteiger partial charge on any atom is 0.280 e. The Morgan fingerprint density at radius 1 is 1.12 bits per heavy atom. The Morgan fingerprint density at radius 3 is 2.67 bits per heavy atom. The van der Waals surface area contributed by atoms with E-state index in [0.717, 1.165) is 21.4 Å². The van der Waals surface area contributed by atoms with Crippen molar-refractivity contribution in [1.82, 2.24) is 5.43 Å². The van der Waals surface area contributed by atoms with Gasteiger partial charge < -0.3 is 4.74 Å². The van der Waals surface area contributed by atoms with Gasteiger partial charge in [0, 0.05) is 4.88 Å². The van der Waals surface area contributed by atoms with Gasteiger partial charge in [-0.3, -0.25) is 4.79 Å². The summed E-state index contributed by atoms with van der Waals surface area (Å²) in [6.07, 6.45) is -0.633.